The number of aromatic nitrogens is 2. The molecule has 0 atom stereocenters. The Morgan fingerprint density at radius 2 is 1.77 bits per heavy atom. The normalized spacial score (nSPS) is 11.3. The summed E-state index contributed by atoms with van der Waals surface area (Å²) in [5, 5.41) is 11.3. The minimum atomic E-state index is -0.496. The summed E-state index contributed by atoms with van der Waals surface area (Å²) in [4.78, 5) is 25.3. The fraction of sp³-hybridized carbons (Fsp3) is 0.130. The van der Waals surface area contributed by atoms with Gasteiger partial charge in [-0.05, 0) is 29.8 Å². The average molecular weight is 400 g/mol. The molecule has 0 saturated heterocycles. The van der Waals surface area contributed by atoms with Gasteiger partial charge >= 0.3 is 0 Å². The van der Waals surface area contributed by atoms with Crippen molar-refractivity contribution < 1.29 is 9.53 Å². The van der Waals surface area contributed by atoms with E-state index in [0.29, 0.717) is 23.1 Å². The molecule has 0 fully saturated rings. The summed E-state index contributed by atoms with van der Waals surface area (Å²) in [5.41, 5.74) is 3.20. The molecule has 3 aromatic carbocycles. The largest absolute Gasteiger partial charge is 0.496 e. The van der Waals surface area contributed by atoms with E-state index in [1.807, 2.05) is 36.4 Å². The first-order valence-corrected chi connectivity index (χ1v) is 9.53. The number of hydrazone groups is 1. The summed E-state index contributed by atoms with van der Waals surface area (Å²) in [6.07, 6.45) is 1.55. The number of carbonyl (C=O) groups is 1. The molecule has 1 aromatic heterocycles. The van der Waals surface area contributed by atoms with Crippen molar-refractivity contribution in [2.24, 2.45) is 5.10 Å². The number of fused-ring (bicyclic) bond motifs is 2. The Balaban J connectivity index is 1.70. The van der Waals surface area contributed by atoms with E-state index in [1.54, 1.807) is 44.5 Å². The van der Waals surface area contributed by atoms with Gasteiger partial charge in [0.05, 0.1) is 18.7 Å². The van der Waals surface area contributed by atoms with Gasteiger partial charge in [-0.2, -0.15) is 10.2 Å². The van der Waals surface area contributed by atoms with Crippen LogP contribution in [0.25, 0.3) is 21.5 Å². The summed E-state index contributed by atoms with van der Waals surface area (Å²) in [6.45, 7) is 2.16. The lowest BCUT2D eigenvalue weighted by Gasteiger charge is -2.09. The zero-order valence-corrected chi connectivity index (χ0v) is 16.6. The predicted molar refractivity (Wildman–Crippen MR) is 117 cm³/mol. The molecule has 1 amide bonds. The van der Waals surface area contributed by atoms with E-state index in [0.717, 1.165) is 16.3 Å². The highest BCUT2D eigenvalue weighted by Gasteiger charge is 2.16. The number of benzene rings is 3. The highest BCUT2D eigenvalue weighted by atomic mass is 16.5. The van der Waals surface area contributed by atoms with Gasteiger partial charge in [-0.3, -0.25) is 9.59 Å². The van der Waals surface area contributed by atoms with Crippen molar-refractivity contribution in [2.75, 3.05) is 7.11 Å². The maximum Gasteiger partial charge on any atom is 0.292 e. The van der Waals surface area contributed by atoms with Crippen LogP contribution < -0.4 is 15.7 Å². The van der Waals surface area contributed by atoms with Crippen molar-refractivity contribution in [1.82, 2.24) is 15.2 Å². The van der Waals surface area contributed by atoms with Crippen LogP contribution in [-0.2, 0) is 6.54 Å². The van der Waals surface area contributed by atoms with Crippen LogP contribution in [0.2, 0.25) is 0 Å². The summed E-state index contributed by atoms with van der Waals surface area (Å²) in [7, 11) is 1.59. The lowest BCUT2D eigenvalue weighted by molar-refractivity contribution is 0.0949. The summed E-state index contributed by atoms with van der Waals surface area (Å²) < 4.78 is 6.71. The molecule has 4 aromatic rings. The van der Waals surface area contributed by atoms with Crippen molar-refractivity contribution in [3.63, 3.8) is 0 Å². The third-order valence-electron chi connectivity index (χ3n) is 4.89. The Morgan fingerprint density at radius 1 is 1.07 bits per heavy atom. The van der Waals surface area contributed by atoms with Gasteiger partial charge in [-0.1, -0.05) is 48.5 Å². The van der Waals surface area contributed by atoms with Gasteiger partial charge in [-0.25, -0.2) is 10.1 Å². The molecule has 7 nitrogen and oxygen atoms in total. The second-order valence-corrected chi connectivity index (χ2v) is 6.62. The predicted octanol–water partition coefficient (Wildman–Crippen LogP) is 3.34. The number of hydrogen-bond donors (Lipinski definition) is 1. The first-order valence-electron chi connectivity index (χ1n) is 9.53. The zero-order chi connectivity index (χ0) is 21.1. The number of amides is 1. The lowest BCUT2D eigenvalue weighted by atomic mass is 10.0. The fourth-order valence-electron chi connectivity index (χ4n) is 3.41. The Morgan fingerprint density at radius 3 is 2.50 bits per heavy atom. The van der Waals surface area contributed by atoms with Crippen molar-refractivity contribution in [3.05, 3.63) is 82.3 Å². The standard InChI is InChI=1S/C23H20N4O3/c1-3-27-23(29)18-11-7-6-10-17(18)21(26-27)22(28)25-24-14-19-16-9-5-4-8-15(16)12-13-20(19)30-2/h4-14H,3H2,1-2H3,(H,25,28)/b24-14-. The number of methoxy groups -OCH3 is 1. The number of nitrogens with zero attached hydrogens (tertiary/aromatic N) is 3. The second kappa shape index (κ2) is 8.16. The molecule has 0 spiro atoms. The first-order chi connectivity index (χ1) is 14.6. The molecule has 0 bridgehead atoms. The summed E-state index contributed by atoms with van der Waals surface area (Å²) in [6, 6.07) is 18.6. The average Bonchev–Trinajstić information content (AvgIpc) is 2.79. The van der Waals surface area contributed by atoms with E-state index in [2.05, 4.69) is 15.6 Å². The van der Waals surface area contributed by atoms with E-state index in [9.17, 15) is 9.59 Å². The minimum Gasteiger partial charge on any atom is -0.496 e. The second-order valence-electron chi connectivity index (χ2n) is 6.62. The van der Waals surface area contributed by atoms with Gasteiger partial charge in [0.25, 0.3) is 11.5 Å². The summed E-state index contributed by atoms with van der Waals surface area (Å²) in [5.74, 6) is 0.152. The number of aryl methyl sites for hydroxylation is 1. The molecule has 1 heterocycles. The van der Waals surface area contributed by atoms with E-state index in [1.165, 1.54) is 4.68 Å². The number of hydrogen-bond acceptors (Lipinski definition) is 5. The van der Waals surface area contributed by atoms with Crippen molar-refractivity contribution in [2.45, 2.75) is 13.5 Å². The lowest BCUT2D eigenvalue weighted by Crippen LogP contribution is -2.28. The molecule has 0 unspecified atom stereocenters. The number of carbonyl (C=O) groups excluding carboxylic acids is 1. The maximum absolute atomic E-state index is 12.8. The number of rotatable bonds is 5. The quantitative estimate of drug-likeness (QED) is 0.411. The van der Waals surface area contributed by atoms with Crippen LogP contribution in [0.5, 0.6) is 5.75 Å². The van der Waals surface area contributed by atoms with Gasteiger partial charge < -0.3 is 4.74 Å². The first kappa shape index (κ1) is 19.3. The maximum atomic E-state index is 12.8. The Hall–Kier alpha value is -4.00. The minimum absolute atomic E-state index is 0.147. The number of ether oxygens (including phenoxy) is 1. The molecule has 0 aliphatic rings. The molecule has 0 aliphatic heterocycles. The topological polar surface area (TPSA) is 85.6 Å². The molecule has 1 N–H and O–H groups in total. The zero-order valence-electron chi connectivity index (χ0n) is 16.6. The van der Waals surface area contributed by atoms with Crippen molar-refractivity contribution in [3.8, 4) is 5.75 Å². The van der Waals surface area contributed by atoms with Gasteiger partial charge in [0.2, 0.25) is 0 Å². The molecule has 7 heteroatoms. The number of nitrogens with one attached hydrogen (secondary N) is 1. The molecular weight excluding hydrogens is 380 g/mol. The summed E-state index contributed by atoms with van der Waals surface area (Å²) >= 11 is 0. The monoisotopic (exact) mass is 400 g/mol. The molecule has 0 aliphatic carbocycles. The van der Waals surface area contributed by atoms with Crippen LogP contribution in [0.3, 0.4) is 0 Å². The van der Waals surface area contributed by atoms with Gasteiger partial charge in [0.1, 0.15) is 5.75 Å². The van der Waals surface area contributed by atoms with Crippen LogP contribution in [-0.4, -0.2) is 29.0 Å². The van der Waals surface area contributed by atoms with E-state index in [4.69, 9.17) is 4.74 Å². The smallest absolute Gasteiger partial charge is 0.292 e. The van der Waals surface area contributed by atoms with Crippen LogP contribution in [0.4, 0.5) is 0 Å². The van der Waals surface area contributed by atoms with E-state index in [-0.39, 0.29) is 11.3 Å². The van der Waals surface area contributed by atoms with Gasteiger partial charge in [-0.15, -0.1) is 0 Å². The Kier molecular flexibility index (Phi) is 5.26. The Bertz CT molecular complexity index is 1340. The molecule has 30 heavy (non-hydrogen) atoms. The van der Waals surface area contributed by atoms with Crippen LogP contribution >= 0.6 is 0 Å². The van der Waals surface area contributed by atoms with Crippen LogP contribution in [0, 0.1) is 0 Å². The van der Waals surface area contributed by atoms with Crippen LogP contribution in [0.1, 0.15) is 23.0 Å². The van der Waals surface area contributed by atoms with Crippen LogP contribution in [0.15, 0.2) is 70.6 Å². The molecule has 0 saturated carbocycles. The van der Waals surface area contributed by atoms with Crippen molar-refractivity contribution in [1.29, 1.82) is 0 Å². The highest BCUT2D eigenvalue weighted by Crippen LogP contribution is 2.26. The van der Waals surface area contributed by atoms with Gasteiger partial charge in [0, 0.05) is 17.5 Å². The Labute approximate surface area is 172 Å². The molecule has 150 valence electrons. The molecule has 4 rings (SSSR count). The molecule has 0 radical (unpaired) electrons. The SMILES string of the molecule is CCn1nc(C(=O)N/N=C\c2c(OC)ccc3ccccc23)c2ccccc2c1=O. The highest BCUT2D eigenvalue weighted by molar-refractivity contribution is 6.06. The van der Waals surface area contributed by atoms with Crippen molar-refractivity contribution >= 4 is 33.7 Å². The third kappa shape index (κ3) is 3.41. The van der Waals surface area contributed by atoms with Gasteiger partial charge in [0.15, 0.2) is 5.69 Å². The third-order valence-corrected chi connectivity index (χ3v) is 4.89. The molecular formula is C23H20N4O3. The fourth-order valence-corrected chi connectivity index (χ4v) is 3.41. The van der Waals surface area contributed by atoms with E-state index >= 15 is 0 Å². The van der Waals surface area contributed by atoms with E-state index < -0.39 is 5.91 Å².